The van der Waals surface area contributed by atoms with Crippen LogP contribution in [0, 0.1) is 5.92 Å². The summed E-state index contributed by atoms with van der Waals surface area (Å²) in [6.07, 6.45) is 16.6. The van der Waals surface area contributed by atoms with Crippen molar-refractivity contribution in [3.05, 3.63) is 54.9 Å². The van der Waals surface area contributed by atoms with E-state index in [1.54, 1.807) is 0 Å². The molecule has 0 aliphatic carbocycles. The number of aromatic nitrogens is 2. The van der Waals surface area contributed by atoms with Gasteiger partial charge in [0, 0.05) is 18.0 Å². The lowest BCUT2D eigenvalue weighted by Gasteiger charge is -2.08. The first-order chi connectivity index (χ1) is 13.7. The van der Waals surface area contributed by atoms with Gasteiger partial charge in [-0.05, 0) is 74.3 Å². The first-order valence-corrected chi connectivity index (χ1v) is 10.9. The molecule has 0 unspecified atom stereocenters. The summed E-state index contributed by atoms with van der Waals surface area (Å²) in [7, 11) is 0. The largest absolute Gasteiger partial charge is 0.494 e. The Morgan fingerprint density at radius 3 is 2.43 bits per heavy atom. The molecule has 0 spiro atoms. The number of hydrogen-bond acceptors (Lipinski definition) is 3. The highest BCUT2D eigenvalue weighted by Crippen LogP contribution is 2.20. The first-order valence-electron chi connectivity index (χ1n) is 10.9. The van der Waals surface area contributed by atoms with Crippen molar-refractivity contribution in [2.75, 3.05) is 6.61 Å². The van der Waals surface area contributed by atoms with Gasteiger partial charge >= 0.3 is 0 Å². The fourth-order valence-electron chi connectivity index (χ4n) is 3.12. The Balaban J connectivity index is 1.74. The smallest absolute Gasteiger partial charge is 0.159 e. The Bertz CT molecular complexity index is 664. The topological polar surface area (TPSA) is 35.0 Å². The van der Waals surface area contributed by atoms with Gasteiger partial charge in [0.05, 0.1) is 6.61 Å². The average molecular weight is 381 g/mol. The van der Waals surface area contributed by atoms with Crippen LogP contribution in [0.25, 0.3) is 11.4 Å². The quantitative estimate of drug-likeness (QED) is 0.261. The number of nitrogens with zero attached hydrogens (tertiary/aromatic N) is 2. The van der Waals surface area contributed by atoms with Gasteiger partial charge in [0.25, 0.3) is 0 Å². The molecule has 0 fully saturated rings. The number of unbranched alkanes of at least 4 members (excludes halogenated alkanes) is 4. The third kappa shape index (κ3) is 8.24. The summed E-state index contributed by atoms with van der Waals surface area (Å²) in [6, 6.07) is 8.08. The minimum Gasteiger partial charge on any atom is -0.494 e. The van der Waals surface area contributed by atoms with E-state index in [4.69, 9.17) is 4.74 Å². The molecule has 1 heterocycles. The molecule has 28 heavy (non-hydrogen) atoms. The summed E-state index contributed by atoms with van der Waals surface area (Å²) in [5, 5.41) is 0. The van der Waals surface area contributed by atoms with Crippen molar-refractivity contribution in [3.8, 4) is 17.1 Å². The zero-order valence-corrected chi connectivity index (χ0v) is 17.7. The number of benzene rings is 1. The van der Waals surface area contributed by atoms with E-state index in [1.165, 1.54) is 44.1 Å². The Morgan fingerprint density at radius 2 is 1.75 bits per heavy atom. The lowest BCUT2D eigenvalue weighted by Crippen LogP contribution is -1.97. The highest BCUT2D eigenvalue weighted by molar-refractivity contribution is 5.55. The molecule has 3 nitrogen and oxygen atoms in total. The van der Waals surface area contributed by atoms with E-state index in [0.29, 0.717) is 0 Å². The predicted molar refractivity (Wildman–Crippen MR) is 119 cm³/mol. The molecule has 0 saturated heterocycles. The normalized spacial score (nSPS) is 11.9. The third-order valence-electron chi connectivity index (χ3n) is 5.25. The second kappa shape index (κ2) is 13.1. The van der Waals surface area contributed by atoms with Crippen LogP contribution in [0.15, 0.2) is 49.3 Å². The van der Waals surface area contributed by atoms with Crippen molar-refractivity contribution in [1.29, 1.82) is 0 Å². The van der Waals surface area contributed by atoms with E-state index in [2.05, 4.69) is 30.4 Å². The summed E-state index contributed by atoms with van der Waals surface area (Å²) in [4.78, 5) is 9.11. The van der Waals surface area contributed by atoms with Gasteiger partial charge in [0.15, 0.2) is 5.82 Å². The molecule has 2 aromatic rings. The van der Waals surface area contributed by atoms with Crippen LogP contribution in [-0.2, 0) is 6.42 Å². The fraction of sp³-hybridized carbons (Fsp3) is 0.520. The van der Waals surface area contributed by atoms with Gasteiger partial charge < -0.3 is 4.74 Å². The summed E-state index contributed by atoms with van der Waals surface area (Å²) in [5.41, 5.74) is 2.26. The van der Waals surface area contributed by atoms with E-state index in [-0.39, 0.29) is 0 Å². The molecule has 0 radical (unpaired) electrons. The van der Waals surface area contributed by atoms with Gasteiger partial charge in [-0.3, -0.25) is 0 Å². The van der Waals surface area contributed by atoms with Gasteiger partial charge in [-0.15, -0.1) is 6.58 Å². The predicted octanol–water partition coefficient (Wildman–Crippen LogP) is 7.03. The zero-order valence-electron chi connectivity index (χ0n) is 17.7. The summed E-state index contributed by atoms with van der Waals surface area (Å²) < 4.78 is 5.81. The molecule has 0 amide bonds. The van der Waals surface area contributed by atoms with Gasteiger partial charge in [0.2, 0.25) is 0 Å². The Kier molecular flexibility index (Phi) is 10.3. The van der Waals surface area contributed by atoms with E-state index in [1.807, 2.05) is 42.7 Å². The summed E-state index contributed by atoms with van der Waals surface area (Å²) >= 11 is 0. The SMILES string of the molecule is C=CCCCCCOc1ccc(-c2ncc(CCCC[C@@H](C)CC)cn2)cc1. The third-order valence-corrected chi connectivity index (χ3v) is 5.25. The van der Waals surface area contributed by atoms with Gasteiger partial charge in [-0.2, -0.15) is 0 Å². The number of rotatable bonds is 14. The maximum atomic E-state index is 5.81. The van der Waals surface area contributed by atoms with Crippen molar-refractivity contribution in [1.82, 2.24) is 9.97 Å². The van der Waals surface area contributed by atoms with Crippen LogP contribution in [0.2, 0.25) is 0 Å². The molecule has 1 atom stereocenters. The van der Waals surface area contributed by atoms with Crippen LogP contribution in [0.4, 0.5) is 0 Å². The maximum Gasteiger partial charge on any atom is 0.159 e. The average Bonchev–Trinajstić information content (AvgIpc) is 2.74. The zero-order chi connectivity index (χ0) is 20.0. The molecule has 1 aromatic carbocycles. The highest BCUT2D eigenvalue weighted by atomic mass is 16.5. The molecule has 0 aliphatic rings. The second-order valence-electron chi connectivity index (χ2n) is 7.68. The Morgan fingerprint density at radius 1 is 1.00 bits per heavy atom. The standard InChI is InChI=1S/C25H36N2O/c1-4-6-7-8-11-18-28-24-16-14-23(15-17-24)25-26-19-22(20-27-25)13-10-9-12-21(3)5-2/h4,14-17,19-21H,1,5-13,18H2,2-3H3/t21-/m0/s1. The van der Waals surface area contributed by atoms with Crippen molar-refractivity contribution >= 4 is 0 Å². The van der Waals surface area contributed by atoms with E-state index < -0.39 is 0 Å². The van der Waals surface area contributed by atoms with Crippen LogP contribution >= 0.6 is 0 Å². The van der Waals surface area contributed by atoms with Crippen LogP contribution in [0.5, 0.6) is 5.75 Å². The monoisotopic (exact) mass is 380 g/mol. The van der Waals surface area contributed by atoms with Crippen LogP contribution in [0.1, 0.15) is 70.8 Å². The maximum absolute atomic E-state index is 5.81. The molecule has 1 aromatic heterocycles. The van der Waals surface area contributed by atoms with E-state index in [0.717, 1.165) is 48.9 Å². The number of hydrogen-bond donors (Lipinski definition) is 0. The molecule has 3 heteroatoms. The Hall–Kier alpha value is -2.16. The minimum atomic E-state index is 0.763. The fourth-order valence-corrected chi connectivity index (χ4v) is 3.12. The van der Waals surface area contributed by atoms with Crippen LogP contribution in [0.3, 0.4) is 0 Å². The van der Waals surface area contributed by atoms with Gasteiger partial charge in [-0.1, -0.05) is 39.2 Å². The molecule has 152 valence electrons. The molecule has 0 aliphatic heterocycles. The second-order valence-corrected chi connectivity index (χ2v) is 7.68. The number of ether oxygens (including phenoxy) is 1. The minimum absolute atomic E-state index is 0.763. The molecule has 0 bridgehead atoms. The molecule has 2 rings (SSSR count). The highest BCUT2D eigenvalue weighted by Gasteiger charge is 2.04. The molecular weight excluding hydrogens is 344 g/mol. The Labute approximate surface area is 171 Å². The van der Waals surface area contributed by atoms with Crippen molar-refractivity contribution in [3.63, 3.8) is 0 Å². The van der Waals surface area contributed by atoms with Crippen molar-refractivity contribution in [2.24, 2.45) is 5.92 Å². The molecular formula is C25H36N2O. The lowest BCUT2D eigenvalue weighted by molar-refractivity contribution is 0.305. The van der Waals surface area contributed by atoms with E-state index >= 15 is 0 Å². The van der Waals surface area contributed by atoms with Crippen LogP contribution < -0.4 is 4.74 Å². The summed E-state index contributed by atoms with van der Waals surface area (Å²) in [6.45, 7) is 9.11. The van der Waals surface area contributed by atoms with Gasteiger partial charge in [0.1, 0.15) is 5.75 Å². The lowest BCUT2D eigenvalue weighted by atomic mass is 10.00. The van der Waals surface area contributed by atoms with Crippen molar-refractivity contribution in [2.45, 2.75) is 71.6 Å². The number of aryl methyl sites for hydroxylation is 1. The summed E-state index contributed by atoms with van der Waals surface area (Å²) in [5.74, 6) is 2.52. The molecule has 0 saturated carbocycles. The van der Waals surface area contributed by atoms with Gasteiger partial charge in [-0.25, -0.2) is 9.97 Å². The first kappa shape index (κ1) is 22.1. The molecule has 0 N–H and O–H groups in total. The number of allylic oxidation sites excluding steroid dienone is 1. The van der Waals surface area contributed by atoms with E-state index in [9.17, 15) is 0 Å². The van der Waals surface area contributed by atoms with Crippen LogP contribution in [-0.4, -0.2) is 16.6 Å². The van der Waals surface area contributed by atoms with Crippen molar-refractivity contribution < 1.29 is 4.74 Å².